The second kappa shape index (κ2) is 6.05. The van der Waals surface area contributed by atoms with Crippen LogP contribution in [0.2, 0.25) is 0 Å². The van der Waals surface area contributed by atoms with Gasteiger partial charge in [-0.3, -0.25) is 10.1 Å². The Balaban J connectivity index is 1.82. The summed E-state index contributed by atoms with van der Waals surface area (Å²) in [5.41, 5.74) is 1.37. The largest absolute Gasteiger partial charge is 0.506 e. The van der Waals surface area contributed by atoms with Crippen LogP contribution < -0.4 is 0 Å². The molecular formula is C16H13NO6. The standard InChI is InChI=1S/C16H13NO6/c18-16(19)23-14(11-6-8-12(9-7-11)17(20)21)15-13(22-15)10-4-2-1-3-5-10/h1-9,13-15H,(H,18,19)/t13-,14?,15+/m0/s1. The minimum Gasteiger partial charge on any atom is -0.450 e. The number of carboxylic acid groups (broad SMARTS) is 1. The molecule has 0 aromatic heterocycles. The highest BCUT2D eigenvalue weighted by Gasteiger charge is 2.48. The Morgan fingerprint density at radius 2 is 1.83 bits per heavy atom. The van der Waals surface area contributed by atoms with Gasteiger partial charge in [-0.2, -0.15) is 0 Å². The van der Waals surface area contributed by atoms with Crippen molar-refractivity contribution in [2.75, 3.05) is 0 Å². The van der Waals surface area contributed by atoms with Crippen molar-refractivity contribution in [2.45, 2.75) is 18.3 Å². The number of hydrogen-bond donors (Lipinski definition) is 1. The maximum absolute atomic E-state index is 10.9. The SMILES string of the molecule is O=C(O)OC(c1ccc([N+](=O)[O-])cc1)[C@@H]1O[C@H]1c1ccccc1. The summed E-state index contributed by atoms with van der Waals surface area (Å²) < 4.78 is 10.5. The number of epoxide rings is 1. The number of nitrogens with zero attached hydrogens (tertiary/aromatic N) is 1. The summed E-state index contributed by atoms with van der Waals surface area (Å²) in [6, 6.07) is 15.0. The number of carbonyl (C=O) groups is 1. The molecule has 2 aromatic carbocycles. The van der Waals surface area contributed by atoms with Crippen molar-refractivity contribution >= 4 is 11.8 Å². The average Bonchev–Trinajstić information content (AvgIpc) is 3.34. The predicted molar refractivity (Wildman–Crippen MR) is 79.0 cm³/mol. The van der Waals surface area contributed by atoms with E-state index in [0.29, 0.717) is 5.56 Å². The molecule has 0 radical (unpaired) electrons. The molecule has 23 heavy (non-hydrogen) atoms. The summed E-state index contributed by atoms with van der Waals surface area (Å²) in [4.78, 5) is 21.1. The number of benzene rings is 2. The Morgan fingerprint density at radius 1 is 1.17 bits per heavy atom. The van der Waals surface area contributed by atoms with Gasteiger partial charge in [0.2, 0.25) is 0 Å². The molecule has 1 unspecified atom stereocenters. The summed E-state index contributed by atoms with van der Waals surface area (Å²) in [7, 11) is 0. The Bertz CT molecular complexity index is 715. The molecule has 0 aliphatic carbocycles. The zero-order valence-corrected chi connectivity index (χ0v) is 11.9. The molecule has 1 heterocycles. The van der Waals surface area contributed by atoms with E-state index in [1.165, 1.54) is 24.3 Å². The predicted octanol–water partition coefficient (Wildman–Crippen LogP) is 3.47. The van der Waals surface area contributed by atoms with E-state index in [9.17, 15) is 14.9 Å². The first-order valence-corrected chi connectivity index (χ1v) is 6.90. The molecule has 7 heteroatoms. The van der Waals surface area contributed by atoms with Crippen LogP contribution in [-0.4, -0.2) is 22.3 Å². The van der Waals surface area contributed by atoms with Gasteiger partial charge in [0.15, 0.2) is 6.10 Å². The third kappa shape index (κ3) is 3.29. The van der Waals surface area contributed by atoms with Crippen molar-refractivity contribution in [3.05, 3.63) is 75.8 Å². The number of ether oxygens (including phenoxy) is 2. The molecule has 1 N–H and O–H groups in total. The number of rotatable bonds is 5. The van der Waals surface area contributed by atoms with Gasteiger partial charge in [-0.25, -0.2) is 4.79 Å². The van der Waals surface area contributed by atoms with Crippen LogP contribution in [0.25, 0.3) is 0 Å². The van der Waals surface area contributed by atoms with E-state index < -0.39 is 23.3 Å². The minimum atomic E-state index is -1.42. The first kappa shape index (κ1) is 15.0. The summed E-state index contributed by atoms with van der Waals surface area (Å²) in [5.74, 6) is 0. The molecule has 0 amide bonds. The van der Waals surface area contributed by atoms with Crippen molar-refractivity contribution in [2.24, 2.45) is 0 Å². The molecule has 2 aromatic rings. The number of nitro benzene ring substituents is 1. The average molecular weight is 315 g/mol. The van der Waals surface area contributed by atoms with Crippen LogP contribution in [0, 0.1) is 10.1 Å². The van der Waals surface area contributed by atoms with E-state index in [4.69, 9.17) is 14.6 Å². The molecule has 1 aliphatic rings. The van der Waals surface area contributed by atoms with E-state index in [-0.39, 0.29) is 11.8 Å². The zero-order chi connectivity index (χ0) is 16.4. The maximum Gasteiger partial charge on any atom is 0.506 e. The normalized spacial score (nSPS) is 20.5. The van der Waals surface area contributed by atoms with E-state index in [1.54, 1.807) is 0 Å². The van der Waals surface area contributed by atoms with Gasteiger partial charge in [0.05, 0.1) is 4.92 Å². The van der Waals surface area contributed by atoms with Gasteiger partial charge in [0.25, 0.3) is 5.69 Å². The fourth-order valence-corrected chi connectivity index (χ4v) is 2.48. The van der Waals surface area contributed by atoms with Crippen LogP contribution in [0.1, 0.15) is 23.3 Å². The highest BCUT2D eigenvalue weighted by Crippen LogP contribution is 2.47. The quantitative estimate of drug-likeness (QED) is 0.392. The van der Waals surface area contributed by atoms with Crippen molar-refractivity contribution in [3.63, 3.8) is 0 Å². The summed E-state index contributed by atoms with van der Waals surface area (Å²) in [6.45, 7) is 0. The fourth-order valence-electron chi connectivity index (χ4n) is 2.48. The first-order valence-electron chi connectivity index (χ1n) is 6.90. The second-order valence-corrected chi connectivity index (χ2v) is 5.08. The number of non-ortho nitro benzene ring substituents is 1. The Morgan fingerprint density at radius 3 is 2.39 bits per heavy atom. The molecule has 0 bridgehead atoms. The Kier molecular flexibility index (Phi) is 3.94. The Labute approximate surface area is 131 Å². The van der Waals surface area contributed by atoms with Gasteiger partial charge in [0.1, 0.15) is 12.2 Å². The van der Waals surface area contributed by atoms with Crippen molar-refractivity contribution in [1.82, 2.24) is 0 Å². The smallest absolute Gasteiger partial charge is 0.450 e. The lowest BCUT2D eigenvalue weighted by Crippen LogP contribution is -2.15. The second-order valence-electron chi connectivity index (χ2n) is 5.08. The zero-order valence-electron chi connectivity index (χ0n) is 11.9. The van der Waals surface area contributed by atoms with Crippen LogP contribution >= 0.6 is 0 Å². The fraction of sp³-hybridized carbons (Fsp3) is 0.188. The van der Waals surface area contributed by atoms with Crippen molar-refractivity contribution < 1.29 is 24.3 Å². The maximum atomic E-state index is 10.9. The third-order valence-electron chi connectivity index (χ3n) is 3.61. The van der Waals surface area contributed by atoms with Gasteiger partial charge in [-0.05, 0) is 23.3 Å². The molecule has 1 saturated heterocycles. The van der Waals surface area contributed by atoms with Gasteiger partial charge in [-0.15, -0.1) is 0 Å². The monoisotopic (exact) mass is 315 g/mol. The topological polar surface area (TPSA) is 102 Å². The van der Waals surface area contributed by atoms with Crippen LogP contribution in [0.3, 0.4) is 0 Å². The van der Waals surface area contributed by atoms with Crippen molar-refractivity contribution in [1.29, 1.82) is 0 Å². The highest BCUT2D eigenvalue weighted by atomic mass is 16.7. The molecule has 0 saturated carbocycles. The summed E-state index contributed by atoms with van der Waals surface area (Å²) in [5, 5.41) is 19.6. The lowest BCUT2D eigenvalue weighted by Gasteiger charge is -2.14. The van der Waals surface area contributed by atoms with Crippen LogP contribution in [0.5, 0.6) is 0 Å². The molecule has 1 fully saturated rings. The lowest BCUT2D eigenvalue weighted by molar-refractivity contribution is -0.384. The van der Waals surface area contributed by atoms with Crippen LogP contribution in [-0.2, 0) is 9.47 Å². The lowest BCUT2D eigenvalue weighted by atomic mass is 10.0. The van der Waals surface area contributed by atoms with Crippen LogP contribution in [0.4, 0.5) is 10.5 Å². The van der Waals surface area contributed by atoms with Crippen LogP contribution in [0.15, 0.2) is 54.6 Å². The summed E-state index contributed by atoms with van der Waals surface area (Å²) in [6.07, 6.45) is -2.96. The molecule has 1 aliphatic heterocycles. The van der Waals surface area contributed by atoms with Gasteiger partial charge < -0.3 is 14.6 Å². The van der Waals surface area contributed by atoms with E-state index in [2.05, 4.69) is 0 Å². The molecular weight excluding hydrogens is 302 g/mol. The minimum absolute atomic E-state index is 0.0702. The van der Waals surface area contributed by atoms with Gasteiger partial charge in [-0.1, -0.05) is 30.3 Å². The molecule has 3 atom stereocenters. The summed E-state index contributed by atoms with van der Waals surface area (Å²) >= 11 is 0. The van der Waals surface area contributed by atoms with Gasteiger partial charge >= 0.3 is 6.16 Å². The number of nitro groups is 1. The molecule has 118 valence electrons. The number of hydrogen-bond acceptors (Lipinski definition) is 5. The first-order chi connectivity index (χ1) is 11.1. The van der Waals surface area contributed by atoms with E-state index in [0.717, 1.165) is 5.56 Å². The molecule has 0 spiro atoms. The molecule has 7 nitrogen and oxygen atoms in total. The van der Waals surface area contributed by atoms with Crippen molar-refractivity contribution in [3.8, 4) is 0 Å². The highest BCUT2D eigenvalue weighted by molar-refractivity contribution is 5.57. The van der Waals surface area contributed by atoms with E-state index in [1.807, 2.05) is 30.3 Å². The third-order valence-corrected chi connectivity index (χ3v) is 3.61. The van der Waals surface area contributed by atoms with E-state index >= 15 is 0 Å². The Hall–Kier alpha value is -2.93. The van der Waals surface area contributed by atoms with Gasteiger partial charge in [0, 0.05) is 12.1 Å². The molecule has 3 rings (SSSR count).